The third-order valence-electron chi connectivity index (χ3n) is 7.40. The molecule has 0 spiro atoms. The van der Waals surface area contributed by atoms with Gasteiger partial charge in [-0.2, -0.15) is 0 Å². The lowest BCUT2D eigenvalue weighted by atomic mass is 9.69. The summed E-state index contributed by atoms with van der Waals surface area (Å²) in [6.07, 6.45) is -7.91. The van der Waals surface area contributed by atoms with Crippen molar-refractivity contribution < 1.29 is 49.1 Å². The first-order chi connectivity index (χ1) is 17.8. The Kier molecular flexibility index (Phi) is 7.26. The molecule has 6 atom stereocenters. The van der Waals surface area contributed by atoms with Crippen LogP contribution in [-0.2, 0) is 23.9 Å². The number of hydrogen-bond donors (Lipinski definition) is 5. The molecule has 38 heavy (non-hydrogen) atoms. The number of ether oxygens (including phenoxy) is 2. The van der Waals surface area contributed by atoms with Crippen molar-refractivity contribution in [3.05, 3.63) is 59.7 Å². The zero-order chi connectivity index (χ0) is 28.0. The summed E-state index contributed by atoms with van der Waals surface area (Å²) in [5.74, 6) is -3.60. The predicted molar refractivity (Wildman–Crippen MR) is 131 cm³/mol. The summed E-state index contributed by atoms with van der Waals surface area (Å²) in [6.45, 7) is 2.47. The lowest BCUT2D eigenvalue weighted by Crippen LogP contribution is -2.82. The molecule has 1 aliphatic heterocycles. The minimum atomic E-state index is -3.03. The van der Waals surface area contributed by atoms with Crippen LogP contribution in [0.5, 0.6) is 0 Å². The molecule has 2 aromatic rings. The number of aliphatic hydroxyl groups is 4. The molecule has 0 aromatic heterocycles. The third kappa shape index (κ3) is 4.22. The zero-order valence-electron chi connectivity index (χ0n) is 21.0. The highest BCUT2D eigenvalue weighted by molar-refractivity contribution is 5.94. The Labute approximate surface area is 218 Å². The summed E-state index contributed by atoms with van der Waals surface area (Å²) < 4.78 is 10.5. The quantitative estimate of drug-likeness (QED) is 0.334. The second-order valence-corrected chi connectivity index (χ2v) is 9.63. The van der Waals surface area contributed by atoms with Crippen molar-refractivity contribution in [3.63, 3.8) is 0 Å². The SMILES string of the molecule is CC(=O)C(O)[C@H]1O[C@H](O)[C@@](O)(C(C)=O)[C@H](NC(=O)OCC2c3ccccc3-c3ccccc32)[C@@]1(O)C(C)=O. The van der Waals surface area contributed by atoms with Crippen LogP contribution in [0.25, 0.3) is 11.1 Å². The van der Waals surface area contributed by atoms with E-state index in [1.165, 1.54) is 0 Å². The van der Waals surface area contributed by atoms with E-state index in [1.807, 2.05) is 48.5 Å². The number of Topliss-reactive ketones (excluding diaryl/α,β-unsaturated/α-hetero) is 3. The summed E-state index contributed by atoms with van der Waals surface area (Å²) in [5, 5.41) is 45.5. The van der Waals surface area contributed by atoms with E-state index in [2.05, 4.69) is 5.32 Å². The molecule has 4 rings (SSSR count). The fraction of sp³-hybridized carbons (Fsp3) is 0.407. The molecule has 1 aliphatic carbocycles. The number of amides is 1. The van der Waals surface area contributed by atoms with Crippen LogP contribution in [0.4, 0.5) is 4.79 Å². The molecule has 1 heterocycles. The van der Waals surface area contributed by atoms with Crippen molar-refractivity contribution in [1.29, 1.82) is 0 Å². The van der Waals surface area contributed by atoms with Gasteiger partial charge in [0.1, 0.15) is 24.9 Å². The van der Waals surface area contributed by atoms with Crippen LogP contribution in [0.15, 0.2) is 48.5 Å². The van der Waals surface area contributed by atoms with E-state index >= 15 is 0 Å². The highest BCUT2D eigenvalue weighted by Crippen LogP contribution is 2.44. The van der Waals surface area contributed by atoms with Crippen LogP contribution in [0.1, 0.15) is 37.8 Å². The molecule has 11 heteroatoms. The van der Waals surface area contributed by atoms with Gasteiger partial charge >= 0.3 is 6.09 Å². The van der Waals surface area contributed by atoms with E-state index in [1.54, 1.807) is 0 Å². The summed E-state index contributed by atoms with van der Waals surface area (Å²) in [7, 11) is 0. The predicted octanol–water partition coefficient (Wildman–Crippen LogP) is 0.201. The normalized spacial score (nSPS) is 29.1. The van der Waals surface area contributed by atoms with E-state index in [4.69, 9.17) is 9.47 Å². The van der Waals surface area contributed by atoms with Gasteiger partial charge in [-0.1, -0.05) is 48.5 Å². The molecule has 5 N–H and O–H groups in total. The van der Waals surface area contributed by atoms with Crippen LogP contribution in [0.3, 0.4) is 0 Å². The average molecular weight is 528 g/mol. The van der Waals surface area contributed by atoms with Crippen LogP contribution in [0.2, 0.25) is 0 Å². The fourth-order valence-electron chi connectivity index (χ4n) is 5.28. The summed E-state index contributed by atoms with van der Waals surface area (Å²) in [4.78, 5) is 50.0. The molecule has 202 valence electrons. The molecular weight excluding hydrogens is 498 g/mol. The van der Waals surface area contributed by atoms with Crippen molar-refractivity contribution in [3.8, 4) is 11.1 Å². The number of aliphatic hydroxyl groups excluding tert-OH is 2. The first-order valence-corrected chi connectivity index (χ1v) is 11.9. The first-order valence-electron chi connectivity index (χ1n) is 11.9. The number of hydrogen-bond acceptors (Lipinski definition) is 10. The second-order valence-electron chi connectivity index (χ2n) is 9.63. The Morgan fingerprint density at radius 2 is 1.42 bits per heavy atom. The van der Waals surface area contributed by atoms with Crippen molar-refractivity contribution in [2.75, 3.05) is 6.61 Å². The molecular formula is C27H29NO10. The van der Waals surface area contributed by atoms with Gasteiger partial charge in [-0.3, -0.25) is 14.4 Å². The number of rotatable bonds is 7. The summed E-state index contributed by atoms with van der Waals surface area (Å²) in [5.41, 5.74) is -2.26. The number of fused-ring (bicyclic) bond motifs is 3. The smallest absolute Gasteiger partial charge is 0.407 e. The summed E-state index contributed by atoms with van der Waals surface area (Å²) in [6, 6.07) is 12.9. The maximum absolute atomic E-state index is 13.0. The van der Waals surface area contributed by atoms with Gasteiger partial charge in [-0.25, -0.2) is 4.79 Å². The van der Waals surface area contributed by atoms with E-state index in [9.17, 15) is 39.6 Å². The van der Waals surface area contributed by atoms with Gasteiger partial charge in [-0.05, 0) is 43.0 Å². The Morgan fingerprint density at radius 3 is 1.89 bits per heavy atom. The summed E-state index contributed by atoms with van der Waals surface area (Å²) >= 11 is 0. The minimum absolute atomic E-state index is 0.178. The number of carbonyl (C=O) groups is 4. The van der Waals surface area contributed by atoms with E-state index in [0.717, 1.165) is 43.0 Å². The van der Waals surface area contributed by atoms with Crippen LogP contribution in [-0.4, -0.2) is 86.2 Å². The Bertz CT molecular complexity index is 1250. The van der Waals surface area contributed by atoms with Gasteiger partial charge in [0.25, 0.3) is 0 Å². The average Bonchev–Trinajstić information content (AvgIpc) is 3.20. The standard InChI is InChI=1S/C27H29NO10/c1-13(29)21(32)22-26(35,14(2)30)23(27(36,15(3)31)24(33)38-22)28-25(34)37-12-20-18-10-6-4-8-16(18)17-9-5-7-11-19(17)20/h4-11,20-24,32-33,35-36H,12H2,1-3H3,(H,28,34)/t21?,22-,23-,24+,26-,27-/m1/s1. The maximum Gasteiger partial charge on any atom is 0.407 e. The molecule has 2 aliphatic rings. The second kappa shape index (κ2) is 10.0. The van der Waals surface area contributed by atoms with Gasteiger partial charge in [0.05, 0.1) is 0 Å². The van der Waals surface area contributed by atoms with Crippen LogP contribution in [0, 0.1) is 0 Å². The van der Waals surface area contributed by atoms with Gasteiger partial charge in [0.15, 0.2) is 34.8 Å². The van der Waals surface area contributed by atoms with Crippen molar-refractivity contribution in [2.24, 2.45) is 0 Å². The lowest BCUT2D eigenvalue weighted by molar-refractivity contribution is -0.316. The molecule has 1 saturated heterocycles. The molecule has 0 radical (unpaired) electrons. The first kappa shape index (κ1) is 27.6. The number of ketones is 3. The maximum atomic E-state index is 13.0. The van der Waals surface area contributed by atoms with Gasteiger partial charge in [-0.15, -0.1) is 0 Å². The topological polar surface area (TPSA) is 180 Å². The molecule has 1 amide bonds. The molecule has 1 fully saturated rings. The zero-order valence-corrected chi connectivity index (χ0v) is 21.0. The van der Waals surface area contributed by atoms with Crippen molar-refractivity contribution in [2.45, 2.75) is 62.4 Å². The number of nitrogens with one attached hydrogen (secondary N) is 1. The number of benzene rings is 2. The molecule has 1 unspecified atom stereocenters. The highest BCUT2D eigenvalue weighted by atomic mass is 16.6. The molecule has 2 aromatic carbocycles. The third-order valence-corrected chi connectivity index (χ3v) is 7.40. The fourth-order valence-corrected chi connectivity index (χ4v) is 5.28. The van der Waals surface area contributed by atoms with Crippen molar-refractivity contribution >= 4 is 23.4 Å². The molecule has 11 nitrogen and oxygen atoms in total. The number of alkyl carbamates (subject to hydrolysis) is 1. The van der Waals surface area contributed by atoms with E-state index in [0.29, 0.717) is 0 Å². The molecule has 0 saturated carbocycles. The van der Waals surface area contributed by atoms with Gasteiger partial charge < -0.3 is 35.2 Å². The van der Waals surface area contributed by atoms with E-state index < -0.39 is 59.2 Å². The Morgan fingerprint density at radius 1 is 0.921 bits per heavy atom. The minimum Gasteiger partial charge on any atom is -0.449 e. The number of carbonyl (C=O) groups excluding carboxylic acids is 4. The van der Waals surface area contributed by atoms with Crippen molar-refractivity contribution in [1.82, 2.24) is 5.32 Å². The van der Waals surface area contributed by atoms with Gasteiger partial charge in [0.2, 0.25) is 0 Å². The Balaban J connectivity index is 1.64. The highest BCUT2D eigenvalue weighted by Gasteiger charge is 2.69. The van der Waals surface area contributed by atoms with Crippen LogP contribution >= 0.6 is 0 Å². The van der Waals surface area contributed by atoms with Gasteiger partial charge in [0, 0.05) is 5.92 Å². The molecule has 0 bridgehead atoms. The van der Waals surface area contributed by atoms with Crippen LogP contribution < -0.4 is 5.32 Å². The Hall–Kier alpha value is -3.48. The van der Waals surface area contributed by atoms with E-state index in [-0.39, 0.29) is 12.5 Å². The lowest BCUT2D eigenvalue weighted by Gasteiger charge is -2.53. The largest absolute Gasteiger partial charge is 0.449 e. The monoisotopic (exact) mass is 527 g/mol.